The zero-order valence-electron chi connectivity index (χ0n) is 15.2. The van der Waals surface area contributed by atoms with E-state index in [9.17, 15) is 18.0 Å². The highest BCUT2D eigenvalue weighted by molar-refractivity contribution is 7.92. The Kier molecular flexibility index (Phi) is 5.87. The number of benzene rings is 1. The second-order valence-corrected chi connectivity index (χ2v) is 9.78. The topological polar surface area (TPSA) is 89.5 Å². The van der Waals surface area contributed by atoms with Crippen molar-refractivity contribution in [3.05, 3.63) is 45.8 Å². The van der Waals surface area contributed by atoms with Crippen molar-refractivity contribution in [1.82, 2.24) is 0 Å². The van der Waals surface area contributed by atoms with Crippen molar-refractivity contribution in [2.45, 2.75) is 37.8 Å². The average molecular weight is 396 g/mol. The lowest BCUT2D eigenvalue weighted by Crippen LogP contribution is -2.17. The number of esters is 1. The molecule has 1 heterocycles. The van der Waals surface area contributed by atoms with E-state index in [-0.39, 0.29) is 10.5 Å². The summed E-state index contributed by atoms with van der Waals surface area (Å²) in [7, 11) is -2.21. The molecule has 0 saturated carbocycles. The number of sulfone groups is 1. The van der Waals surface area contributed by atoms with Gasteiger partial charge < -0.3 is 10.1 Å². The first-order valence-electron chi connectivity index (χ1n) is 7.93. The Morgan fingerprint density at radius 1 is 1.19 bits per heavy atom. The van der Waals surface area contributed by atoms with Crippen LogP contribution in [0.1, 0.15) is 45.0 Å². The molecular weight excluding hydrogens is 374 g/mol. The van der Waals surface area contributed by atoms with Crippen molar-refractivity contribution in [2.75, 3.05) is 12.4 Å². The van der Waals surface area contributed by atoms with Gasteiger partial charge in [-0.3, -0.25) is 4.79 Å². The van der Waals surface area contributed by atoms with Crippen molar-refractivity contribution < 1.29 is 22.7 Å². The lowest BCUT2D eigenvalue weighted by molar-refractivity contribution is 0.0601. The summed E-state index contributed by atoms with van der Waals surface area (Å²) in [6, 6.07) is 5.86. The van der Waals surface area contributed by atoms with Crippen molar-refractivity contribution in [1.29, 1.82) is 0 Å². The molecule has 0 spiro atoms. The predicted molar refractivity (Wildman–Crippen MR) is 102 cm³/mol. The molecule has 0 unspecified atom stereocenters. The van der Waals surface area contributed by atoms with Gasteiger partial charge in [0.05, 0.1) is 22.8 Å². The Labute approximate surface area is 157 Å². The van der Waals surface area contributed by atoms with Crippen molar-refractivity contribution in [3.63, 3.8) is 0 Å². The fourth-order valence-electron chi connectivity index (χ4n) is 2.32. The molecule has 1 N–H and O–H groups in total. The largest absolute Gasteiger partial charge is 0.465 e. The molecule has 6 nitrogen and oxygen atoms in total. The molecular formula is C18H21NO5S2. The van der Waals surface area contributed by atoms with Gasteiger partial charge in [-0.15, -0.1) is 11.3 Å². The highest BCUT2D eigenvalue weighted by atomic mass is 32.2. The van der Waals surface area contributed by atoms with Gasteiger partial charge in [0.15, 0.2) is 9.84 Å². The van der Waals surface area contributed by atoms with E-state index in [2.05, 4.69) is 5.32 Å². The predicted octanol–water partition coefficient (Wildman–Crippen LogP) is 3.59. The minimum Gasteiger partial charge on any atom is -0.465 e. The van der Waals surface area contributed by atoms with Crippen molar-refractivity contribution >= 4 is 38.1 Å². The van der Waals surface area contributed by atoms with E-state index in [0.717, 1.165) is 10.4 Å². The third-order valence-electron chi connectivity index (χ3n) is 4.05. The molecule has 2 aromatic rings. The molecule has 8 heteroatoms. The van der Waals surface area contributed by atoms with Gasteiger partial charge in [-0.25, -0.2) is 13.2 Å². The molecule has 0 aliphatic heterocycles. The van der Waals surface area contributed by atoms with Crippen LogP contribution in [0.5, 0.6) is 0 Å². The smallest absolute Gasteiger partial charge is 0.341 e. The maximum absolute atomic E-state index is 12.6. The molecule has 0 bridgehead atoms. The first-order valence-corrected chi connectivity index (χ1v) is 10.3. The third-order valence-corrected chi connectivity index (χ3v) is 7.32. The summed E-state index contributed by atoms with van der Waals surface area (Å²) in [5, 5.41) is 2.49. The summed E-state index contributed by atoms with van der Waals surface area (Å²) in [5.74, 6) is -1.02. The molecule has 1 amide bonds. The molecule has 26 heavy (non-hydrogen) atoms. The summed E-state index contributed by atoms with van der Waals surface area (Å²) in [5.41, 5.74) is 1.26. The van der Waals surface area contributed by atoms with Gasteiger partial charge in [0.1, 0.15) is 5.00 Å². The van der Waals surface area contributed by atoms with Gasteiger partial charge in [-0.2, -0.15) is 0 Å². The maximum Gasteiger partial charge on any atom is 0.341 e. The summed E-state index contributed by atoms with van der Waals surface area (Å²) < 4.78 is 29.4. The zero-order chi connectivity index (χ0) is 19.6. The molecule has 2 rings (SSSR count). The highest BCUT2D eigenvalue weighted by Crippen LogP contribution is 2.33. The Hall–Kier alpha value is -2.19. The maximum atomic E-state index is 12.6. The zero-order valence-corrected chi connectivity index (χ0v) is 16.9. The van der Waals surface area contributed by atoms with E-state index in [1.165, 1.54) is 42.7 Å². The Morgan fingerprint density at radius 3 is 2.42 bits per heavy atom. The minimum atomic E-state index is -3.49. The molecule has 1 aromatic carbocycles. The normalized spacial score (nSPS) is 11.5. The summed E-state index contributed by atoms with van der Waals surface area (Å²) >= 11 is 1.27. The molecule has 0 fully saturated rings. The monoisotopic (exact) mass is 395 g/mol. The first-order chi connectivity index (χ1) is 12.1. The van der Waals surface area contributed by atoms with Crippen LogP contribution < -0.4 is 5.32 Å². The second-order valence-electron chi connectivity index (χ2n) is 6.05. The number of hydrogen-bond acceptors (Lipinski definition) is 6. The van der Waals surface area contributed by atoms with Crippen LogP contribution in [0.25, 0.3) is 0 Å². The number of thiophene rings is 1. The quantitative estimate of drug-likeness (QED) is 0.782. The summed E-state index contributed by atoms with van der Waals surface area (Å²) in [6.45, 7) is 6.80. The molecule has 1 aromatic heterocycles. The van der Waals surface area contributed by atoms with Gasteiger partial charge >= 0.3 is 5.97 Å². The molecule has 0 aliphatic carbocycles. The number of carbonyl (C=O) groups excluding carboxylic acids is 2. The summed E-state index contributed by atoms with van der Waals surface area (Å²) in [6.07, 6.45) is 0. The van der Waals surface area contributed by atoms with Crippen LogP contribution >= 0.6 is 11.3 Å². The first kappa shape index (κ1) is 20.1. The fraction of sp³-hybridized carbons (Fsp3) is 0.333. The number of anilines is 1. The van der Waals surface area contributed by atoms with Crippen LogP contribution in [0.15, 0.2) is 29.2 Å². The minimum absolute atomic E-state index is 0.0897. The van der Waals surface area contributed by atoms with Crippen molar-refractivity contribution in [2.24, 2.45) is 0 Å². The van der Waals surface area contributed by atoms with Gasteiger partial charge in [0.2, 0.25) is 0 Å². The van der Waals surface area contributed by atoms with Crippen LogP contribution in [0, 0.1) is 13.8 Å². The van der Waals surface area contributed by atoms with Crippen LogP contribution in [-0.2, 0) is 14.6 Å². The van der Waals surface area contributed by atoms with Gasteiger partial charge in [0, 0.05) is 10.4 Å². The number of rotatable bonds is 5. The number of hydrogen-bond donors (Lipinski definition) is 1. The van der Waals surface area contributed by atoms with Crippen LogP contribution in [0.4, 0.5) is 5.00 Å². The van der Waals surface area contributed by atoms with E-state index in [1.807, 2.05) is 6.92 Å². The molecule has 0 saturated heterocycles. The number of aryl methyl sites for hydroxylation is 1. The lowest BCUT2D eigenvalue weighted by Gasteiger charge is -2.10. The lowest BCUT2D eigenvalue weighted by atomic mass is 10.1. The molecule has 0 aliphatic rings. The second kappa shape index (κ2) is 7.59. The van der Waals surface area contributed by atoms with E-state index < -0.39 is 27.0 Å². The highest BCUT2D eigenvalue weighted by Gasteiger charge is 2.23. The fourth-order valence-corrected chi connectivity index (χ4v) is 4.47. The van der Waals surface area contributed by atoms with E-state index in [4.69, 9.17) is 4.74 Å². The van der Waals surface area contributed by atoms with Crippen LogP contribution in [-0.4, -0.2) is 32.7 Å². The third kappa shape index (κ3) is 3.81. The molecule has 140 valence electrons. The van der Waals surface area contributed by atoms with Gasteiger partial charge in [-0.1, -0.05) is 6.07 Å². The van der Waals surface area contributed by atoms with Crippen LogP contribution in [0.2, 0.25) is 0 Å². The number of nitrogens with one attached hydrogen (secondary N) is 1. The standard InChI is InChI=1S/C18H21NO5S2/c1-10(2)26(22,23)14-8-6-7-13(9-14)16(20)19-17-15(18(21)24-5)11(3)12(4)25-17/h6-10H,1-5H3,(H,19,20). The number of ether oxygens (including phenoxy) is 1. The van der Waals surface area contributed by atoms with Gasteiger partial charge in [-0.05, 0) is 51.5 Å². The van der Waals surface area contributed by atoms with E-state index in [0.29, 0.717) is 10.6 Å². The Balaban J connectivity index is 2.38. The van der Waals surface area contributed by atoms with E-state index in [1.54, 1.807) is 20.8 Å². The summed E-state index contributed by atoms with van der Waals surface area (Å²) in [4.78, 5) is 25.6. The van der Waals surface area contributed by atoms with Crippen LogP contribution in [0.3, 0.4) is 0 Å². The number of amides is 1. The van der Waals surface area contributed by atoms with E-state index >= 15 is 0 Å². The number of carbonyl (C=O) groups is 2. The number of methoxy groups -OCH3 is 1. The molecule has 0 radical (unpaired) electrons. The van der Waals surface area contributed by atoms with Crippen molar-refractivity contribution in [3.8, 4) is 0 Å². The van der Waals surface area contributed by atoms with Gasteiger partial charge in [0.25, 0.3) is 5.91 Å². The SMILES string of the molecule is COC(=O)c1c(NC(=O)c2cccc(S(=O)(=O)C(C)C)c2)sc(C)c1C. The Morgan fingerprint density at radius 2 is 1.85 bits per heavy atom. The molecule has 0 atom stereocenters. The Bertz CT molecular complexity index is 958. The average Bonchev–Trinajstić information content (AvgIpc) is 2.88.